The van der Waals surface area contributed by atoms with E-state index in [1.165, 1.54) is 0 Å². The van der Waals surface area contributed by atoms with E-state index in [1.54, 1.807) is 36.0 Å². The minimum Gasteiger partial charge on any atom is -0.326 e. The Labute approximate surface area is 170 Å². The number of amides is 1. The first-order chi connectivity index (χ1) is 13.8. The third kappa shape index (κ3) is 5.75. The largest absolute Gasteiger partial charge is 0.326 e. The molecule has 1 aromatic heterocycles. The number of carbonyl (C=O) groups excluding carboxylic acids is 1. The molecule has 0 unspecified atom stereocenters. The molecular weight excluding hydrogens is 388 g/mol. The number of aromatic nitrogens is 2. The standard InChI is InChI=1S/C21H24N4O3S/c1-16-7-8-20(17(2)13-16)29(27,28)23-11-9-21(26)24-19-6-3-5-18(14-19)15-25-12-4-10-22-25/h3-8,10,12-14,23H,9,11,15H2,1-2H3,(H,24,26). The second kappa shape index (κ2) is 9.02. The fourth-order valence-corrected chi connectivity index (χ4v) is 4.29. The molecule has 2 N–H and O–H groups in total. The molecular formula is C21H24N4O3S. The smallest absolute Gasteiger partial charge is 0.240 e. The van der Waals surface area contributed by atoms with E-state index in [4.69, 9.17) is 0 Å². The highest BCUT2D eigenvalue weighted by Crippen LogP contribution is 2.16. The lowest BCUT2D eigenvalue weighted by Gasteiger charge is -2.11. The summed E-state index contributed by atoms with van der Waals surface area (Å²) in [7, 11) is -3.65. The molecule has 29 heavy (non-hydrogen) atoms. The number of anilines is 1. The molecule has 8 heteroatoms. The van der Waals surface area contributed by atoms with Crippen molar-refractivity contribution in [2.75, 3.05) is 11.9 Å². The van der Waals surface area contributed by atoms with E-state index in [2.05, 4.69) is 15.1 Å². The maximum atomic E-state index is 12.4. The molecule has 0 radical (unpaired) electrons. The predicted octanol–water partition coefficient (Wildman–Crippen LogP) is 2.86. The summed E-state index contributed by atoms with van der Waals surface area (Å²) in [5.74, 6) is -0.260. The molecule has 0 bridgehead atoms. The fourth-order valence-electron chi connectivity index (χ4n) is 3.03. The first-order valence-corrected chi connectivity index (χ1v) is 10.7. The van der Waals surface area contributed by atoms with Crippen LogP contribution in [0.5, 0.6) is 0 Å². The molecule has 0 aliphatic rings. The maximum absolute atomic E-state index is 12.4. The number of nitrogens with one attached hydrogen (secondary N) is 2. The van der Waals surface area contributed by atoms with Crippen LogP contribution in [0.2, 0.25) is 0 Å². The van der Waals surface area contributed by atoms with Gasteiger partial charge >= 0.3 is 0 Å². The van der Waals surface area contributed by atoms with E-state index < -0.39 is 10.0 Å². The number of aryl methyl sites for hydroxylation is 2. The van der Waals surface area contributed by atoms with Crippen molar-refractivity contribution in [2.45, 2.75) is 31.7 Å². The minimum atomic E-state index is -3.65. The Morgan fingerprint density at radius 1 is 1.10 bits per heavy atom. The van der Waals surface area contributed by atoms with E-state index in [0.29, 0.717) is 17.8 Å². The van der Waals surface area contributed by atoms with Gasteiger partial charge < -0.3 is 5.32 Å². The summed E-state index contributed by atoms with van der Waals surface area (Å²) in [5.41, 5.74) is 3.34. The highest BCUT2D eigenvalue weighted by Gasteiger charge is 2.16. The van der Waals surface area contributed by atoms with Gasteiger partial charge in [-0.25, -0.2) is 13.1 Å². The first kappa shape index (κ1) is 20.8. The Hall–Kier alpha value is -2.97. The second-order valence-corrected chi connectivity index (χ2v) is 8.60. The van der Waals surface area contributed by atoms with Crippen molar-refractivity contribution in [1.29, 1.82) is 0 Å². The quantitative estimate of drug-likeness (QED) is 0.595. The molecule has 3 aromatic rings. The predicted molar refractivity (Wildman–Crippen MR) is 112 cm³/mol. The molecule has 0 atom stereocenters. The van der Waals surface area contributed by atoms with E-state index >= 15 is 0 Å². The third-order valence-electron chi connectivity index (χ3n) is 4.38. The number of hydrogen-bond acceptors (Lipinski definition) is 4. The van der Waals surface area contributed by atoms with Gasteiger partial charge in [0.25, 0.3) is 0 Å². The molecule has 3 rings (SSSR count). The third-order valence-corrected chi connectivity index (χ3v) is 6.00. The summed E-state index contributed by atoms with van der Waals surface area (Å²) in [6.07, 6.45) is 3.62. The van der Waals surface area contributed by atoms with Crippen molar-refractivity contribution in [3.05, 3.63) is 77.6 Å². The summed E-state index contributed by atoms with van der Waals surface area (Å²) in [6.45, 7) is 4.29. The monoisotopic (exact) mass is 412 g/mol. The van der Waals surface area contributed by atoms with Gasteiger partial charge in [-0.15, -0.1) is 0 Å². The lowest BCUT2D eigenvalue weighted by Crippen LogP contribution is -2.28. The van der Waals surface area contributed by atoms with Crippen molar-refractivity contribution in [3.63, 3.8) is 0 Å². The average molecular weight is 413 g/mol. The molecule has 0 aliphatic carbocycles. The van der Waals surface area contributed by atoms with Crippen LogP contribution in [0.15, 0.2) is 65.8 Å². The minimum absolute atomic E-state index is 0.0223. The van der Waals surface area contributed by atoms with Gasteiger partial charge in [-0.05, 0) is 49.2 Å². The van der Waals surface area contributed by atoms with Gasteiger partial charge in [0.1, 0.15) is 0 Å². The Bertz CT molecular complexity index is 1090. The van der Waals surface area contributed by atoms with Crippen molar-refractivity contribution < 1.29 is 13.2 Å². The Balaban J connectivity index is 1.53. The molecule has 2 aromatic carbocycles. The zero-order valence-electron chi connectivity index (χ0n) is 16.4. The lowest BCUT2D eigenvalue weighted by atomic mass is 10.2. The summed E-state index contributed by atoms with van der Waals surface area (Å²) >= 11 is 0. The van der Waals surface area contributed by atoms with Crippen LogP contribution in [0.1, 0.15) is 23.1 Å². The summed E-state index contributed by atoms with van der Waals surface area (Å²) in [6, 6.07) is 14.5. The summed E-state index contributed by atoms with van der Waals surface area (Å²) < 4.78 is 29.2. The maximum Gasteiger partial charge on any atom is 0.240 e. The molecule has 152 valence electrons. The fraction of sp³-hybridized carbons (Fsp3) is 0.238. The molecule has 0 saturated heterocycles. The number of hydrogen-bond donors (Lipinski definition) is 2. The SMILES string of the molecule is Cc1ccc(S(=O)(=O)NCCC(=O)Nc2cccc(Cn3cccn3)c2)c(C)c1. The molecule has 0 fully saturated rings. The van der Waals surface area contributed by atoms with Crippen LogP contribution in [-0.2, 0) is 21.4 Å². The van der Waals surface area contributed by atoms with Gasteiger partial charge in [0.2, 0.25) is 15.9 Å². The lowest BCUT2D eigenvalue weighted by molar-refractivity contribution is -0.116. The van der Waals surface area contributed by atoms with Crippen molar-refractivity contribution in [1.82, 2.24) is 14.5 Å². The van der Waals surface area contributed by atoms with Gasteiger partial charge in [0.05, 0.1) is 11.4 Å². The van der Waals surface area contributed by atoms with E-state index in [0.717, 1.165) is 11.1 Å². The number of nitrogens with zero attached hydrogens (tertiary/aromatic N) is 2. The molecule has 7 nitrogen and oxygen atoms in total. The molecule has 0 saturated carbocycles. The van der Waals surface area contributed by atoms with Crippen LogP contribution in [0.25, 0.3) is 0 Å². The summed E-state index contributed by atoms with van der Waals surface area (Å²) in [4.78, 5) is 12.4. The van der Waals surface area contributed by atoms with Gasteiger partial charge in [-0.2, -0.15) is 5.10 Å². The molecule has 1 amide bonds. The van der Waals surface area contributed by atoms with Gasteiger partial charge in [0.15, 0.2) is 0 Å². The van der Waals surface area contributed by atoms with Gasteiger partial charge in [-0.3, -0.25) is 9.48 Å². The van der Waals surface area contributed by atoms with Gasteiger partial charge in [-0.1, -0.05) is 29.8 Å². The number of benzene rings is 2. The van der Waals surface area contributed by atoms with Crippen LogP contribution in [0.3, 0.4) is 0 Å². The van der Waals surface area contributed by atoms with Crippen LogP contribution in [-0.4, -0.2) is 30.7 Å². The van der Waals surface area contributed by atoms with Gasteiger partial charge in [0, 0.05) is 31.0 Å². The number of carbonyl (C=O) groups is 1. The average Bonchev–Trinajstić information content (AvgIpc) is 3.14. The van der Waals surface area contributed by atoms with Crippen molar-refractivity contribution in [2.24, 2.45) is 0 Å². The van der Waals surface area contributed by atoms with Crippen LogP contribution >= 0.6 is 0 Å². The van der Waals surface area contributed by atoms with E-state index in [-0.39, 0.29) is 23.8 Å². The highest BCUT2D eigenvalue weighted by atomic mass is 32.2. The van der Waals surface area contributed by atoms with Crippen LogP contribution in [0, 0.1) is 13.8 Å². The highest BCUT2D eigenvalue weighted by molar-refractivity contribution is 7.89. The van der Waals surface area contributed by atoms with Crippen molar-refractivity contribution >= 4 is 21.6 Å². The normalized spacial score (nSPS) is 11.4. The zero-order chi connectivity index (χ0) is 20.9. The van der Waals surface area contributed by atoms with E-state index in [9.17, 15) is 13.2 Å². The number of sulfonamides is 1. The Morgan fingerprint density at radius 3 is 2.66 bits per heavy atom. The second-order valence-electron chi connectivity index (χ2n) is 6.87. The summed E-state index contributed by atoms with van der Waals surface area (Å²) in [5, 5.41) is 6.97. The molecule has 0 aliphatic heterocycles. The Morgan fingerprint density at radius 2 is 1.93 bits per heavy atom. The molecule has 1 heterocycles. The van der Waals surface area contributed by atoms with Crippen LogP contribution < -0.4 is 10.0 Å². The van der Waals surface area contributed by atoms with Crippen molar-refractivity contribution in [3.8, 4) is 0 Å². The number of rotatable bonds is 8. The van der Waals surface area contributed by atoms with E-state index in [1.807, 2.05) is 43.5 Å². The molecule has 0 spiro atoms. The topological polar surface area (TPSA) is 93.1 Å². The van der Waals surface area contributed by atoms with Crippen LogP contribution in [0.4, 0.5) is 5.69 Å². The first-order valence-electron chi connectivity index (χ1n) is 9.27. The zero-order valence-corrected chi connectivity index (χ0v) is 17.2. The Kier molecular flexibility index (Phi) is 6.46.